The molecule has 210 valence electrons. The van der Waals surface area contributed by atoms with Crippen molar-refractivity contribution < 1.29 is 47.7 Å². The number of alkyl halides is 1. The van der Waals surface area contributed by atoms with E-state index in [2.05, 4.69) is 10.3 Å². The highest BCUT2D eigenvalue weighted by atomic mass is 35.5. The molecule has 2 heterocycles. The summed E-state index contributed by atoms with van der Waals surface area (Å²) in [5, 5.41) is 2.99. The van der Waals surface area contributed by atoms with Crippen molar-refractivity contribution in [2.45, 2.75) is 63.5 Å². The van der Waals surface area contributed by atoms with Gasteiger partial charge in [0.1, 0.15) is 24.1 Å². The summed E-state index contributed by atoms with van der Waals surface area (Å²) < 4.78 is 28.2. The zero-order chi connectivity index (χ0) is 28.7. The molecule has 0 spiro atoms. The Bertz CT molecular complexity index is 1160. The lowest BCUT2D eigenvalue weighted by Gasteiger charge is -2.44. The predicted octanol–water partition coefficient (Wildman–Crippen LogP) is 0.419. The van der Waals surface area contributed by atoms with Crippen molar-refractivity contribution in [2.75, 3.05) is 24.1 Å². The SMILES string of the molecule is CSc1nc(N[C@@H]2O[C@H](COC(C)=O)[C@@H](OC(C)=O)[C@H](OC(C)=O)[C@@H]2OC(C)=O)c(C(=O)CCl)c(=O)n1C. The van der Waals surface area contributed by atoms with Gasteiger partial charge >= 0.3 is 23.9 Å². The Morgan fingerprint density at radius 2 is 1.53 bits per heavy atom. The molecule has 1 aromatic rings. The monoisotopic (exact) mass is 577 g/mol. The van der Waals surface area contributed by atoms with Gasteiger partial charge in [0, 0.05) is 34.7 Å². The first kappa shape index (κ1) is 31.1. The topological polar surface area (TPSA) is 178 Å². The molecule has 1 aromatic heterocycles. The minimum absolute atomic E-state index is 0.217. The molecule has 14 nitrogen and oxygen atoms in total. The van der Waals surface area contributed by atoms with Crippen molar-refractivity contribution in [1.29, 1.82) is 0 Å². The Balaban J connectivity index is 2.69. The molecule has 1 saturated heterocycles. The number of anilines is 1. The molecular weight excluding hydrogens is 550 g/mol. The molecule has 0 radical (unpaired) electrons. The van der Waals surface area contributed by atoms with E-state index in [1.165, 1.54) is 7.05 Å². The van der Waals surface area contributed by atoms with Crippen LogP contribution in [0.15, 0.2) is 9.95 Å². The van der Waals surface area contributed by atoms with Crippen molar-refractivity contribution in [1.82, 2.24) is 9.55 Å². The molecule has 1 aliphatic rings. The molecule has 0 aromatic carbocycles. The molecule has 0 saturated carbocycles. The Labute approximate surface area is 226 Å². The second-order valence-corrected chi connectivity index (χ2v) is 9.05. The Morgan fingerprint density at radius 3 is 2.03 bits per heavy atom. The fourth-order valence-electron chi connectivity index (χ4n) is 3.67. The van der Waals surface area contributed by atoms with Gasteiger partial charge < -0.3 is 29.0 Å². The van der Waals surface area contributed by atoms with Crippen LogP contribution in [0.2, 0.25) is 0 Å². The molecular formula is C22H28ClN3O11S. The lowest BCUT2D eigenvalue weighted by molar-refractivity contribution is -0.247. The predicted molar refractivity (Wildman–Crippen MR) is 132 cm³/mol. The average molecular weight is 578 g/mol. The van der Waals surface area contributed by atoms with Crippen LogP contribution in [-0.4, -0.2) is 88.6 Å². The summed E-state index contributed by atoms with van der Waals surface area (Å²) in [4.78, 5) is 77.3. The number of aromatic nitrogens is 2. The number of thioether (sulfide) groups is 1. The summed E-state index contributed by atoms with van der Waals surface area (Å²) in [5.41, 5.74) is -1.10. The molecule has 1 N–H and O–H groups in total. The van der Waals surface area contributed by atoms with Crippen molar-refractivity contribution in [2.24, 2.45) is 7.05 Å². The third kappa shape index (κ3) is 7.68. The van der Waals surface area contributed by atoms with Gasteiger partial charge in [0.25, 0.3) is 5.56 Å². The lowest BCUT2D eigenvalue weighted by Crippen LogP contribution is -2.64. The molecule has 16 heteroatoms. The van der Waals surface area contributed by atoms with Crippen molar-refractivity contribution in [3.63, 3.8) is 0 Å². The maximum absolute atomic E-state index is 13.0. The van der Waals surface area contributed by atoms with Crippen LogP contribution in [0.3, 0.4) is 0 Å². The van der Waals surface area contributed by atoms with E-state index >= 15 is 0 Å². The number of ether oxygens (including phenoxy) is 5. The van der Waals surface area contributed by atoms with Crippen LogP contribution in [0.1, 0.15) is 38.1 Å². The summed E-state index contributed by atoms with van der Waals surface area (Å²) >= 11 is 6.84. The molecule has 5 atom stereocenters. The number of ketones is 1. The summed E-state index contributed by atoms with van der Waals surface area (Å²) in [7, 11) is 1.42. The van der Waals surface area contributed by atoms with Crippen LogP contribution in [-0.2, 0) is 49.9 Å². The number of nitrogens with one attached hydrogen (secondary N) is 1. The number of halogens is 1. The van der Waals surface area contributed by atoms with Gasteiger partial charge in [-0.1, -0.05) is 11.8 Å². The third-order valence-corrected chi connectivity index (χ3v) is 6.08. The average Bonchev–Trinajstić information content (AvgIpc) is 2.82. The van der Waals surface area contributed by atoms with E-state index in [9.17, 15) is 28.8 Å². The molecule has 1 fully saturated rings. The first-order valence-electron chi connectivity index (χ1n) is 11.1. The van der Waals surface area contributed by atoms with Gasteiger partial charge in [-0.15, -0.1) is 11.6 Å². The van der Waals surface area contributed by atoms with E-state index in [-0.39, 0.29) is 11.0 Å². The normalized spacial score (nSPS) is 22.7. The molecule has 1 aliphatic heterocycles. The van der Waals surface area contributed by atoms with Crippen LogP contribution in [0, 0.1) is 0 Å². The standard InChI is InChI=1S/C22H28ClN3O11S/c1-9(27)33-8-14-16(34-10(2)28)17(35-11(3)29)18(36-12(4)30)20(37-14)24-19-15(13(31)7-23)21(32)26(5)22(25-19)38-6/h14,16-18,20,24H,7-8H2,1-6H3/t14-,16-,17+,18+,20-/m1/s1. The Hall–Kier alpha value is -3.17. The Morgan fingerprint density at radius 1 is 0.974 bits per heavy atom. The number of rotatable bonds is 10. The summed E-state index contributed by atoms with van der Waals surface area (Å²) in [6, 6.07) is 0. The molecule has 0 aliphatic carbocycles. The number of esters is 4. The summed E-state index contributed by atoms with van der Waals surface area (Å²) in [6.45, 7) is 3.94. The van der Waals surface area contributed by atoms with Crippen LogP contribution < -0.4 is 10.9 Å². The molecule has 0 bridgehead atoms. The van der Waals surface area contributed by atoms with Crippen LogP contribution in [0.25, 0.3) is 0 Å². The third-order valence-electron chi connectivity index (χ3n) is 5.10. The van der Waals surface area contributed by atoms with Gasteiger partial charge in [-0.05, 0) is 6.26 Å². The summed E-state index contributed by atoms with van der Waals surface area (Å²) in [6.07, 6.45) is -5.33. The van der Waals surface area contributed by atoms with Gasteiger partial charge in [0.2, 0.25) is 0 Å². The van der Waals surface area contributed by atoms with Gasteiger partial charge in [-0.2, -0.15) is 0 Å². The molecule has 0 amide bonds. The maximum atomic E-state index is 13.0. The molecule has 0 unspecified atom stereocenters. The first-order chi connectivity index (χ1) is 17.8. The molecule has 2 rings (SSSR count). The van der Waals surface area contributed by atoms with Gasteiger partial charge in [0.05, 0.1) is 5.88 Å². The van der Waals surface area contributed by atoms with Crippen LogP contribution in [0.4, 0.5) is 5.82 Å². The lowest BCUT2D eigenvalue weighted by atomic mass is 9.97. The van der Waals surface area contributed by atoms with Crippen LogP contribution >= 0.6 is 23.4 Å². The van der Waals surface area contributed by atoms with Gasteiger partial charge in [-0.25, -0.2) is 4.98 Å². The number of Topliss-reactive ketones (excluding diaryl/α,β-unsaturated/α-hetero) is 1. The smallest absolute Gasteiger partial charge is 0.303 e. The maximum Gasteiger partial charge on any atom is 0.303 e. The number of hydrogen-bond donors (Lipinski definition) is 1. The minimum Gasteiger partial charge on any atom is -0.463 e. The number of carbonyl (C=O) groups is 5. The number of carbonyl (C=O) groups excluding carboxylic acids is 5. The van der Waals surface area contributed by atoms with Gasteiger partial charge in [0.15, 0.2) is 35.5 Å². The quantitative estimate of drug-likeness (QED) is 0.101. The first-order valence-corrected chi connectivity index (χ1v) is 12.9. The second kappa shape index (κ2) is 13.6. The van der Waals surface area contributed by atoms with Crippen LogP contribution in [0.5, 0.6) is 0 Å². The highest BCUT2D eigenvalue weighted by molar-refractivity contribution is 7.98. The van der Waals surface area contributed by atoms with Gasteiger partial charge in [-0.3, -0.25) is 33.3 Å². The highest BCUT2D eigenvalue weighted by Crippen LogP contribution is 2.30. The second-order valence-electron chi connectivity index (χ2n) is 8.01. The zero-order valence-electron chi connectivity index (χ0n) is 21.5. The van der Waals surface area contributed by atoms with E-state index in [1.807, 2.05) is 0 Å². The number of hydrogen-bond acceptors (Lipinski definition) is 14. The van der Waals surface area contributed by atoms with E-state index in [0.717, 1.165) is 44.0 Å². The largest absolute Gasteiger partial charge is 0.463 e. The zero-order valence-corrected chi connectivity index (χ0v) is 23.0. The van der Waals surface area contributed by atoms with E-state index in [4.69, 9.17) is 35.3 Å². The minimum atomic E-state index is -1.48. The summed E-state index contributed by atoms with van der Waals surface area (Å²) in [5.74, 6) is -4.64. The van der Waals surface area contributed by atoms with E-state index in [1.54, 1.807) is 6.26 Å². The number of nitrogens with zero attached hydrogens (tertiary/aromatic N) is 2. The van der Waals surface area contributed by atoms with Crippen molar-refractivity contribution >= 4 is 58.8 Å². The fourth-order valence-corrected chi connectivity index (χ4v) is 4.34. The van der Waals surface area contributed by atoms with E-state index in [0.29, 0.717) is 0 Å². The fraction of sp³-hybridized carbons (Fsp3) is 0.591. The molecule has 38 heavy (non-hydrogen) atoms. The van der Waals surface area contributed by atoms with E-state index < -0.39 is 83.9 Å². The van der Waals surface area contributed by atoms with Crippen molar-refractivity contribution in [3.05, 3.63) is 15.9 Å². The van der Waals surface area contributed by atoms with Crippen molar-refractivity contribution in [3.8, 4) is 0 Å². The highest BCUT2D eigenvalue weighted by Gasteiger charge is 2.52. The Kier molecular flexibility index (Phi) is 11.1.